The molecule has 1 heterocycles. The Kier molecular flexibility index (Phi) is 5.12. The molecule has 2 rings (SSSR count). The van der Waals surface area contributed by atoms with E-state index in [2.05, 4.69) is 24.9 Å². The van der Waals surface area contributed by atoms with E-state index in [0.29, 0.717) is 6.04 Å². The van der Waals surface area contributed by atoms with Gasteiger partial charge in [0.15, 0.2) is 0 Å². The van der Waals surface area contributed by atoms with Crippen molar-refractivity contribution in [1.82, 2.24) is 0 Å². The number of benzene rings is 1. The Labute approximate surface area is 119 Å². The lowest BCUT2D eigenvalue weighted by molar-refractivity contribution is 0.0855. The molecule has 1 fully saturated rings. The third-order valence-corrected chi connectivity index (χ3v) is 4.47. The van der Waals surface area contributed by atoms with Crippen molar-refractivity contribution in [3.63, 3.8) is 0 Å². The van der Waals surface area contributed by atoms with E-state index in [-0.39, 0.29) is 0 Å². The average Bonchev–Trinajstić information content (AvgIpc) is 2.47. The van der Waals surface area contributed by atoms with Crippen molar-refractivity contribution >= 4 is 17.4 Å². The van der Waals surface area contributed by atoms with Crippen LogP contribution in [0.3, 0.4) is 0 Å². The van der Waals surface area contributed by atoms with E-state index in [9.17, 15) is 5.26 Å². The molecule has 0 spiro atoms. The average molecular weight is 276 g/mol. The van der Waals surface area contributed by atoms with Gasteiger partial charge in [-0.05, 0) is 30.7 Å². The van der Waals surface area contributed by atoms with E-state index < -0.39 is 0 Å². The summed E-state index contributed by atoms with van der Waals surface area (Å²) in [6.07, 6.45) is 2.07. The highest BCUT2D eigenvalue weighted by Crippen LogP contribution is 2.31. The lowest BCUT2D eigenvalue weighted by Crippen LogP contribution is -2.37. The predicted molar refractivity (Wildman–Crippen MR) is 79.8 cm³/mol. The summed E-state index contributed by atoms with van der Waals surface area (Å²) >= 11 is 1.73. The van der Waals surface area contributed by atoms with E-state index in [1.165, 1.54) is 0 Å². The fourth-order valence-electron chi connectivity index (χ4n) is 2.47. The molecule has 3 nitrogen and oxygen atoms in total. The lowest BCUT2D eigenvalue weighted by Gasteiger charge is -2.33. The Morgan fingerprint density at radius 1 is 1.42 bits per heavy atom. The second kappa shape index (κ2) is 6.83. The molecule has 1 aromatic rings. The Bertz CT molecular complexity index is 464. The molecule has 0 aliphatic carbocycles. The quantitative estimate of drug-likeness (QED) is 0.791. The summed E-state index contributed by atoms with van der Waals surface area (Å²) in [5, 5.41) is 9.46. The Morgan fingerprint density at radius 2 is 2.16 bits per heavy atom. The molecule has 1 saturated heterocycles. The number of hydrogen-bond donors (Lipinski definition) is 0. The number of nitrogens with zero attached hydrogens (tertiary/aromatic N) is 2. The molecule has 0 amide bonds. The van der Waals surface area contributed by atoms with E-state index in [0.717, 1.165) is 48.0 Å². The summed E-state index contributed by atoms with van der Waals surface area (Å²) in [5.74, 6) is 0.985. The van der Waals surface area contributed by atoms with Crippen molar-refractivity contribution in [3.05, 3.63) is 23.8 Å². The zero-order valence-corrected chi connectivity index (χ0v) is 12.4. The maximum atomic E-state index is 9.46. The molecule has 1 aliphatic heterocycles. The maximum Gasteiger partial charge on any atom is 0.103 e. The Hall–Kier alpha value is -1.18. The van der Waals surface area contributed by atoms with Crippen LogP contribution in [0.15, 0.2) is 23.1 Å². The molecule has 0 atom stereocenters. The van der Waals surface area contributed by atoms with Crippen LogP contribution >= 0.6 is 11.8 Å². The van der Waals surface area contributed by atoms with Crippen molar-refractivity contribution in [2.45, 2.75) is 30.7 Å². The molecule has 0 saturated carbocycles. The van der Waals surface area contributed by atoms with Gasteiger partial charge < -0.3 is 9.64 Å². The third-order valence-electron chi connectivity index (χ3n) is 3.53. The van der Waals surface area contributed by atoms with Crippen LogP contribution in [-0.2, 0) is 4.74 Å². The van der Waals surface area contributed by atoms with Gasteiger partial charge in [-0.1, -0.05) is 13.0 Å². The maximum absolute atomic E-state index is 9.46. The number of thioether (sulfide) groups is 1. The molecule has 1 aliphatic rings. The first-order chi connectivity index (χ1) is 9.27. The Morgan fingerprint density at radius 3 is 2.79 bits per heavy atom. The number of anilines is 1. The first-order valence-electron chi connectivity index (χ1n) is 6.74. The highest BCUT2D eigenvalue weighted by molar-refractivity contribution is 7.99. The summed E-state index contributed by atoms with van der Waals surface area (Å²) in [7, 11) is 2.09. The molecule has 0 unspecified atom stereocenters. The minimum absolute atomic E-state index is 0.475. The molecule has 1 aromatic carbocycles. The lowest BCUT2D eigenvalue weighted by atomic mass is 10.1. The van der Waals surface area contributed by atoms with Crippen molar-refractivity contribution < 1.29 is 4.74 Å². The highest BCUT2D eigenvalue weighted by Gasteiger charge is 2.21. The van der Waals surface area contributed by atoms with Gasteiger partial charge in [0.2, 0.25) is 0 Å². The first-order valence-corrected chi connectivity index (χ1v) is 7.73. The Balaban J connectivity index is 2.27. The second-order valence-corrected chi connectivity index (χ2v) is 5.96. The van der Waals surface area contributed by atoms with Gasteiger partial charge >= 0.3 is 0 Å². The van der Waals surface area contributed by atoms with Gasteiger partial charge in [0.05, 0.1) is 11.3 Å². The highest BCUT2D eigenvalue weighted by atomic mass is 32.2. The van der Waals surface area contributed by atoms with E-state index in [1.54, 1.807) is 11.8 Å². The van der Waals surface area contributed by atoms with Gasteiger partial charge in [0.25, 0.3) is 0 Å². The minimum atomic E-state index is 0.475. The SMILES string of the molecule is CCSc1cccc(N(C)C2CCOCC2)c1C#N. The minimum Gasteiger partial charge on any atom is -0.381 e. The number of rotatable bonds is 4. The van der Waals surface area contributed by atoms with Gasteiger partial charge in [0.1, 0.15) is 6.07 Å². The predicted octanol–water partition coefficient (Wildman–Crippen LogP) is 3.29. The fraction of sp³-hybridized carbons (Fsp3) is 0.533. The van der Waals surface area contributed by atoms with Crippen LogP contribution in [0.2, 0.25) is 0 Å². The molecular formula is C15H20N2OS. The molecule has 0 radical (unpaired) electrons. The van der Waals surface area contributed by atoms with Crippen LogP contribution in [0.5, 0.6) is 0 Å². The molecular weight excluding hydrogens is 256 g/mol. The number of nitriles is 1. The first kappa shape index (κ1) is 14.2. The van der Waals surface area contributed by atoms with Crippen LogP contribution in [0.4, 0.5) is 5.69 Å². The molecule has 4 heteroatoms. The molecule has 0 bridgehead atoms. The van der Waals surface area contributed by atoms with Gasteiger partial charge in [0, 0.05) is 31.2 Å². The molecule has 0 N–H and O–H groups in total. The van der Waals surface area contributed by atoms with E-state index in [1.807, 2.05) is 18.2 Å². The summed E-state index contributed by atoms with van der Waals surface area (Å²) in [5.41, 5.74) is 1.86. The summed E-state index contributed by atoms with van der Waals surface area (Å²) < 4.78 is 5.41. The van der Waals surface area contributed by atoms with E-state index in [4.69, 9.17) is 4.74 Å². The fourth-order valence-corrected chi connectivity index (χ4v) is 3.25. The van der Waals surface area contributed by atoms with Crippen molar-refractivity contribution in [2.75, 3.05) is 30.9 Å². The van der Waals surface area contributed by atoms with Crippen molar-refractivity contribution in [3.8, 4) is 6.07 Å². The van der Waals surface area contributed by atoms with Crippen LogP contribution in [0.25, 0.3) is 0 Å². The third kappa shape index (κ3) is 3.23. The standard InChI is InChI=1S/C15H20N2OS/c1-3-19-15-6-4-5-14(13(15)11-16)17(2)12-7-9-18-10-8-12/h4-6,12H,3,7-10H2,1-2H3. The van der Waals surface area contributed by atoms with Gasteiger partial charge in [-0.3, -0.25) is 0 Å². The van der Waals surface area contributed by atoms with Crippen LogP contribution in [0.1, 0.15) is 25.3 Å². The number of hydrogen-bond acceptors (Lipinski definition) is 4. The topological polar surface area (TPSA) is 36.3 Å². The summed E-state index contributed by atoms with van der Waals surface area (Å²) in [6, 6.07) is 8.98. The van der Waals surface area contributed by atoms with E-state index >= 15 is 0 Å². The molecule has 19 heavy (non-hydrogen) atoms. The van der Waals surface area contributed by atoms with Crippen LogP contribution in [0, 0.1) is 11.3 Å². The van der Waals surface area contributed by atoms with Gasteiger partial charge in [-0.15, -0.1) is 11.8 Å². The summed E-state index contributed by atoms with van der Waals surface area (Å²) in [4.78, 5) is 3.34. The largest absolute Gasteiger partial charge is 0.381 e. The molecule has 0 aromatic heterocycles. The molecule has 102 valence electrons. The van der Waals surface area contributed by atoms with Crippen molar-refractivity contribution in [1.29, 1.82) is 5.26 Å². The monoisotopic (exact) mass is 276 g/mol. The van der Waals surface area contributed by atoms with Crippen molar-refractivity contribution in [2.24, 2.45) is 0 Å². The zero-order valence-electron chi connectivity index (χ0n) is 11.6. The van der Waals surface area contributed by atoms with Crippen LogP contribution in [-0.4, -0.2) is 32.1 Å². The second-order valence-electron chi connectivity index (χ2n) is 4.65. The summed E-state index contributed by atoms with van der Waals surface area (Å²) in [6.45, 7) is 3.75. The number of ether oxygens (including phenoxy) is 1. The smallest absolute Gasteiger partial charge is 0.103 e. The van der Waals surface area contributed by atoms with Crippen LogP contribution < -0.4 is 4.90 Å². The van der Waals surface area contributed by atoms with Gasteiger partial charge in [-0.2, -0.15) is 5.26 Å². The normalized spacial score (nSPS) is 16.1. The van der Waals surface area contributed by atoms with Gasteiger partial charge in [-0.25, -0.2) is 0 Å². The zero-order chi connectivity index (χ0) is 13.7.